The minimum Gasteiger partial charge on any atom is -0.384 e. The quantitative estimate of drug-likeness (QED) is 0.636. The van der Waals surface area contributed by atoms with Gasteiger partial charge in [0.25, 0.3) is 0 Å². The second kappa shape index (κ2) is 4.18. The van der Waals surface area contributed by atoms with Gasteiger partial charge in [-0.2, -0.15) is 5.10 Å². The highest BCUT2D eigenvalue weighted by Gasteiger charge is 2.10. The molecule has 3 N–H and O–H groups in total. The average Bonchev–Trinajstić information content (AvgIpc) is 2.58. The van der Waals surface area contributed by atoms with Gasteiger partial charge in [0.2, 0.25) is 0 Å². The molecule has 0 fully saturated rings. The lowest BCUT2D eigenvalue weighted by molar-refractivity contribution is 0.610. The number of aryl methyl sites for hydroxylation is 1. The third-order valence-electron chi connectivity index (χ3n) is 2.34. The molecule has 0 radical (unpaired) electrons. The maximum Gasteiger partial charge on any atom is 0.149 e. The number of amidine groups is 1. The van der Waals surface area contributed by atoms with Crippen molar-refractivity contribution in [3.63, 3.8) is 0 Å². The fourth-order valence-corrected chi connectivity index (χ4v) is 1.55. The molecule has 88 valence electrons. The van der Waals surface area contributed by atoms with Crippen LogP contribution >= 0.6 is 11.6 Å². The lowest BCUT2D eigenvalue weighted by atomic mass is 10.2. The van der Waals surface area contributed by atoms with Gasteiger partial charge in [-0.15, -0.1) is 0 Å². The number of nitrogens with zero attached hydrogens (tertiary/aromatic N) is 2. The number of aromatic nitrogens is 2. The standard InChI is InChI=1S/C11H10ClFN4/c1-6-8(12)5-17(16-6)10-3-2-7(11(14)15)4-9(10)13/h2-5H,1H3,(H3,14,15). The number of benzene rings is 1. The summed E-state index contributed by atoms with van der Waals surface area (Å²) >= 11 is 5.85. The second-order valence-electron chi connectivity index (χ2n) is 3.59. The molecular formula is C11H10ClFN4. The van der Waals surface area contributed by atoms with E-state index in [2.05, 4.69) is 5.10 Å². The zero-order valence-electron chi connectivity index (χ0n) is 9.04. The molecule has 4 nitrogen and oxygen atoms in total. The summed E-state index contributed by atoms with van der Waals surface area (Å²) in [6, 6.07) is 4.27. The van der Waals surface area contributed by atoms with Crippen molar-refractivity contribution >= 4 is 17.4 Å². The predicted molar refractivity (Wildman–Crippen MR) is 64.3 cm³/mol. The fourth-order valence-electron chi connectivity index (χ4n) is 1.42. The van der Waals surface area contributed by atoms with E-state index in [4.69, 9.17) is 22.7 Å². The number of hydrogen-bond donors (Lipinski definition) is 2. The highest BCUT2D eigenvalue weighted by molar-refractivity contribution is 6.31. The molecule has 0 aliphatic heterocycles. The molecule has 2 aromatic rings. The fraction of sp³-hybridized carbons (Fsp3) is 0.0909. The number of nitrogen functional groups attached to an aromatic ring is 1. The van der Waals surface area contributed by atoms with E-state index in [0.717, 1.165) is 0 Å². The van der Waals surface area contributed by atoms with Crippen molar-refractivity contribution in [3.05, 3.63) is 46.5 Å². The molecule has 0 aliphatic carbocycles. The van der Waals surface area contributed by atoms with Gasteiger partial charge in [0.1, 0.15) is 17.3 Å². The van der Waals surface area contributed by atoms with Crippen LogP contribution in [0.5, 0.6) is 0 Å². The van der Waals surface area contributed by atoms with Crippen LogP contribution in [0.3, 0.4) is 0 Å². The van der Waals surface area contributed by atoms with E-state index in [9.17, 15) is 4.39 Å². The van der Waals surface area contributed by atoms with Crippen molar-refractivity contribution in [3.8, 4) is 5.69 Å². The maximum atomic E-state index is 13.8. The Morgan fingerprint density at radius 2 is 2.24 bits per heavy atom. The normalized spacial score (nSPS) is 10.5. The van der Waals surface area contributed by atoms with Gasteiger partial charge >= 0.3 is 0 Å². The molecule has 0 amide bonds. The monoisotopic (exact) mass is 252 g/mol. The Morgan fingerprint density at radius 3 is 2.71 bits per heavy atom. The number of halogens is 2. The first-order valence-electron chi connectivity index (χ1n) is 4.85. The van der Waals surface area contributed by atoms with Crippen molar-refractivity contribution in [1.82, 2.24) is 9.78 Å². The van der Waals surface area contributed by atoms with Gasteiger partial charge in [-0.3, -0.25) is 5.41 Å². The Morgan fingerprint density at radius 1 is 1.53 bits per heavy atom. The van der Waals surface area contributed by atoms with Crippen molar-refractivity contribution in [2.24, 2.45) is 5.73 Å². The van der Waals surface area contributed by atoms with Crippen LogP contribution in [0, 0.1) is 18.2 Å². The zero-order chi connectivity index (χ0) is 12.6. The molecule has 0 spiro atoms. The first-order valence-corrected chi connectivity index (χ1v) is 5.23. The van der Waals surface area contributed by atoms with Crippen LogP contribution in [0.1, 0.15) is 11.3 Å². The topological polar surface area (TPSA) is 67.7 Å². The summed E-state index contributed by atoms with van der Waals surface area (Å²) in [6.07, 6.45) is 1.53. The summed E-state index contributed by atoms with van der Waals surface area (Å²) in [6.45, 7) is 1.74. The highest BCUT2D eigenvalue weighted by atomic mass is 35.5. The first kappa shape index (κ1) is 11.6. The molecule has 1 heterocycles. The number of nitrogens with two attached hydrogens (primary N) is 1. The molecule has 0 bridgehead atoms. The van der Waals surface area contributed by atoms with E-state index in [0.29, 0.717) is 16.3 Å². The van der Waals surface area contributed by atoms with E-state index in [1.165, 1.54) is 23.0 Å². The minimum absolute atomic E-state index is 0.176. The number of hydrogen-bond acceptors (Lipinski definition) is 2. The molecule has 1 aromatic carbocycles. The minimum atomic E-state index is -0.503. The molecule has 0 saturated heterocycles. The van der Waals surface area contributed by atoms with Crippen molar-refractivity contribution in [2.75, 3.05) is 0 Å². The van der Waals surface area contributed by atoms with Gasteiger partial charge < -0.3 is 5.73 Å². The molecule has 0 unspecified atom stereocenters. The van der Waals surface area contributed by atoms with E-state index in [1.54, 1.807) is 13.0 Å². The van der Waals surface area contributed by atoms with Crippen LogP contribution in [0.4, 0.5) is 4.39 Å². The highest BCUT2D eigenvalue weighted by Crippen LogP contribution is 2.19. The Kier molecular flexibility index (Phi) is 2.85. The molecule has 0 saturated carbocycles. The molecule has 1 aromatic heterocycles. The third kappa shape index (κ3) is 2.14. The first-order chi connectivity index (χ1) is 7.99. The summed E-state index contributed by atoms with van der Waals surface area (Å²) in [7, 11) is 0. The van der Waals surface area contributed by atoms with Crippen LogP contribution < -0.4 is 5.73 Å². The summed E-state index contributed by atoms with van der Waals surface area (Å²) < 4.78 is 15.1. The van der Waals surface area contributed by atoms with Crippen LogP contribution in [0.15, 0.2) is 24.4 Å². The summed E-state index contributed by atoms with van der Waals surface area (Å²) in [5.41, 5.74) is 6.50. The molecular weight excluding hydrogens is 243 g/mol. The largest absolute Gasteiger partial charge is 0.384 e. The SMILES string of the molecule is Cc1nn(-c2ccc(C(=N)N)cc2F)cc1Cl. The van der Waals surface area contributed by atoms with Gasteiger partial charge in [-0.25, -0.2) is 9.07 Å². The number of nitrogens with one attached hydrogen (secondary N) is 1. The van der Waals surface area contributed by atoms with Gasteiger partial charge in [0, 0.05) is 11.8 Å². The van der Waals surface area contributed by atoms with E-state index in [1.807, 2.05) is 0 Å². The Hall–Kier alpha value is -1.88. The Balaban J connectivity index is 2.50. The van der Waals surface area contributed by atoms with Crippen LogP contribution in [0.2, 0.25) is 5.02 Å². The van der Waals surface area contributed by atoms with Crippen LogP contribution in [0.25, 0.3) is 5.69 Å². The molecule has 0 aliphatic rings. The second-order valence-corrected chi connectivity index (χ2v) is 3.99. The zero-order valence-corrected chi connectivity index (χ0v) is 9.79. The summed E-state index contributed by atoms with van der Waals surface area (Å²) in [4.78, 5) is 0. The summed E-state index contributed by atoms with van der Waals surface area (Å²) in [5, 5.41) is 11.8. The molecule has 6 heteroatoms. The van der Waals surface area contributed by atoms with Gasteiger partial charge in [-0.1, -0.05) is 11.6 Å². The maximum absolute atomic E-state index is 13.8. The van der Waals surface area contributed by atoms with Crippen LogP contribution in [-0.4, -0.2) is 15.6 Å². The smallest absolute Gasteiger partial charge is 0.149 e. The molecule has 0 atom stereocenters. The van der Waals surface area contributed by atoms with Crippen molar-refractivity contribution in [2.45, 2.75) is 6.92 Å². The van der Waals surface area contributed by atoms with E-state index < -0.39 is 5.82 Å². The van der Waals surface area contributed by atoms with Gasteiger partial charge in [0.05, 0.1) is 10.7 Å². The Bertz CT molecular complexity index is 572. The number of rotatable bonds is 2. The van der Waals surface area contributed by atoms with Gasteiger partial charge in [0.15, 0.2) is 0 Å². The predicted octanol–water partition coefficient (Wildman–Crippen LogP) is 2.26. The van der Waals surface area contributed by atoms with Crippen molar-refractivity contribution in [1.29, 1.82) is 5.41 Å². The van der Waals surface area contributed by atoms with Crippen molar-refractivity contribution < 1.29 is 4.39 Å². The van der Waals surface area contributed by atoms with Gasteiger partial charge in [-0.05, 0) is 25.1 Å². The lowest BCUT2D eigenvalue weighted by Gasteiger charge is -2.05. The Labute approximate surface area is 102 Å². The van der Waals surface area contributed by atoms with E-state index >= 15 is 0 Å². The third-order valence-corrected chi connectivity index (χ3v) is 2.72. The molecule has 2 rings (SSSR count). The molecule has 17 heavy (non-hydrogen) atoms. The lowest BCUT2D eigenvalue weighted by Crippen LogP contribution is -2.12. The van der Waals surface area contributed by atoms with Crippen LogP contribution in [-0.2, 0) is 0 Å². The summed E-state index contributed by atoms with van der Waals surface area (Å²) in [5.74, 6) is -0.679. The van der Waals surface area contributed by atoms with E-state index in [-0.39, 0.29) is 11.5 Å². The average molecular weight is 253 g/mol.